The summed E-state index contributed by atoms with van der Waals surface area (Å²) < 4.78 is 4.95. The summed E-state index contributed by atoms with van der Waals surface area (Å²) in [7, 11) is 1.58. The maximum Gasteiger partial charge on any atom is 0.140 e. The van der Waals surface area contributed by atoms with Crippen LogP contribution in [0.15, 0.2) is 12.3 Å². The van der Waals surface area contributed by atoms with Gasteiger partial charge in [-0.15, -0.1) is 0 Å². The molecule has 0 aliphatic carbocycles. The average Bonchev–Trinajstić information content (AvgIpc) is 2.13. The average molecular weight is 188 g/mol. The van der Waals surface area contributed by atoms with Crippen LogP contribution in [0.25, 0.3) is 0 Å². The number of rotatable bonds is 1. The van der Waals surface area contributed by atoms with Crippen LogP contribution in [0.2, 0.25) is 5.02 Å². The molecule has 0 radical (unpaired) electrons. The molecular weight excluding hydrogens is 174 g/mol. The molecule has 3 heteroatoms. The summed E-state index contributed by atoms with van der Waals surface area (Å²) >= 11 is 5.81. The summed E-state index contributed by atoms with van der Waals surface area (Å²) in [4.78, 5) is 3.98. The molecular formula is C9H14ClNO. The van der Waals surface area contributed by atoms with E-state index in [4.69, 9.17) is 16.3 Å². The molecule has 1 heterocycles. The Bertz CT molecular complexity index is 238. The van der Waals surface area contributed by atoms with Crippen molar-refractivity contribution in [3.05, 3.63) is 23.0 Å². The molecule has 68 valence electrons. The first-order chi connectivity index (χ1) is 5.75. The number of aryl methyl sites for hydroxylation is 1. The van der Waals surface area contributed by atoms with Crippen LogP contribution in [0.5, 0.6) is 5.75 Å². The molecule has 0 unspecified atom stereocenters. The van der Waals surface area contributed by atoms with Crippen LogP contribution >= 0.6 is 11.6 Å². The molecule has 12 heavy (non-hydrogen) atoms. The van der Waals surface area contributed by atoms with Crippen molar-refractivity contribution in [2.45, 2.75) is 20.8 Å². The van der Waals surface area contributed by atoms with Gasteiger partial charge in [-0.25, -0.2) is 0 Å². The Kier molecular flexibility index (Phi) is 5.47. The Balaban J connectivity index is 0.000000561. The number of aromatic nitrogens is 1. The van der Waals surface area contributed by atoms with E-state index < -0.39 is 0 Å². The van der Waals surface area contributed by atoms with Crippen LogP contribution in [0.1, 0.15) is 19.5 Å². The molecule has 0 spiro atoms. The van der Waals surface area contributed by atoms with Crippen LogP contribution in [-0.2, 0) is 0 Å². The van der Waals surface area contributed by atoms with E-state index in [9.17, 15) is 0 Å². The fraction of sp³-hybridized carbons (Fsp3) is 0.444. The lowest BCUT2D eigenvalue weighted by Gasteiger charge is -2.02. The van der Waals surface area contributed by atoms with Gasteiger partial charge in [-0.3, -0.25) is 4.98 Å². The van der Waals surface area contributed by atoms with Crippen molar-refractivity contribution in [1.82, 2.24) is 4.98 Å². The molecule has 1 rings (SSSR count). The minimum Gasteiger partial charge on any atom is -0.495 e. The molecule has 0 bridgehead atoms. The van der Waals surface area contributed by atoms with Crippen LogP contribution in [0.3, 0.4) is 0 Å². The van der Waals surface area contributed by atoms with Gasteiger partial charge < -0.3 is 4.74 Å². The molecule has 1 aromatic heterocycles. The summed E-state index contributed by atoms with van der Waals surface area (Å²) in [5, 5.41) is 0.588. The third-order valence-corrected chi connectivity index (χ3v) is 1.71. The Hall–Kier alpha value is -0.760. The van der Waals surface area contributed by atoms with E-state index >= 15 is 0 Å². The summed E-state index contributed by atoms with van der Waals surface area (Å²) in [5.41, 5.74) is 0.793. The van der Waals surface area contributed by atoms with E-state index in [0.717, 1.165) is 5.69 Å². The predicted octanol–water partition coefficient (Wildman–Crippen LogP) is 3.08. The Morgan fingerprint density at radius 1 is 1.42 bits per heavy atom. The minimum absolute atomic E-state index is 0.588. The highest BCUT2D eigenvalue weighted by molar-refractivity contribution is 6.32. The van der Waals surface area contributed by atoms with Gasteiger partial charge >= 0.3 is 0 Å². The Morgan fingerprint density at radius 3 is 2.42 bits per heavy atom. The molecule has 0 aliphatic heterocycles. The fourth-order valence-corrected chi connectivity index (χ4v) is 0.871. The van der Waals surface area contributed by atoms with Crippen molar-refractivity contribution in [3.8, 4) is 5.75 Å². The monoisotopic (exact) mass is 187 g/mol. The van der Waals surface area contributed by atoms with Crippen molar-refractivity contribution in [2.24, 2.45) is 0 Å². The molecule has 0 aromatic carbocycles. The standard InChI is InChI=1S/C7H8ClNO.C2H6/c1-5-7(8)6(10-2)3-4-9-5;1-2/h3-4H,1-2H3;1-2H3. The van der Waals surface area contributed by atoms with Gasteiger partial charge in [0.25, 0.3) is 0 Å². The summed E-state index contributed by atoms with van der Waals surface area (Å²) in [6.45, 7) is 5.84. The van der Waals surface area contributed by atoms with Crippen LogP contribution in [-0.4, -0.2) is 12.1 Å². The molecule has 0 saturated heterocycles. The normalized spacial score (nSPS) is 8.42. The quantitative estimate of drug-likeness (QED) is 0.674. The van der Waals surface area contributed by atoms with E-state index in [1.807, 2.05) is 20.8 Å². The summed E-state index contributed by atoms with van der Waals surface area (Å²) in [5.74, 6) is 0.675. The number of pyridine rings is 1. The van der Waals surface area contributed by atoms with E-state index in [0.29, 0.717) is 10.8 Å². The largest absolute Gasteiger partial charge is 0.495 e. The van der Waals surface area contributed by atoms with Crippen molar-refractivity contribution >= 4 is 11.6 Å². The molecule has 0 aliphatic rings. The van der Waals surface area contributed by atoms with Crippen molar-refractivity contribution in [3.63, 3.8) is 0 Å². The SMILES string of the molecule is CC.COc1ccnc(C)c1Cl. The second-order valence-electron chi connectivity index (χ2n) is 1.91. The molecule has 2 nitrogen and oxygen atoms in total. The second-order valence-corrected chi connectivity index (χ2v) is 2.29. The zero-order valence-corrected chi connectivity index (χ0v) is 8.64. The molecule has 0 fully saturated rings. The highest BCUT2D eigenvalue weighted by Gasteiger charge is 2.01. The predicted molar refractivity (Wildman–Crippen MR) is 51.9 cm³/mol. The zero-order valence-electron chi connectivity index (χ0n) is 7.89. The first-order valence-electron chi connectivity index (χ1n) is 3.91. The number of nitrogens with zero attached hydrogens (tertiary/aromatic N) is 1. The number of methoxy groups -OCH3 is 1. The number of ether oxygens (including phenoxy) is 1. The van der Waals surface area contributed by atoms with Crippen molar-refractivity contribution in [2.75, 3.05) is 7.11 Å². The highest BCUT2D eigenvalue weighted by Crippen LogP contribution is 2.24. The zero-order chi connectivity index (χ0) is 9.56. The van der Waals surface area contributed by atoms with Gasteiger partial charge in [-0.05, 0) is 6.92 Å². The second kappa shape index (κ2) is 5.84. The van der Waals surface area contributed by atoms with Gasteiger partial charge in [-0.2, -0.15) is 0 Å². The first-order valence-corrected chi connectivity index (χ1v) is 4.28. The van der Waals surface area contributed by atoms with Crippen LogP contribution in [0, 0.1) is 6.92 Å². The molecule has 0 amide bonds. The van der Waals surface area contributed by atoms with E-state index in [1.54, 1.807) is 19.4 Å². The Morgan fingerprint density at radius 2 is 2.00 bits per heavy atom. The lowest BCUT2D eigenvalue weighted by molar-refractivity contribution is 0.414. The third kappa shape index (κ3) is 2.70. The van der Waals surface area contributed by atoms with Crippen molar-refractivity contribution in [1.29, 1.82) is 0 Å². The van der Waals surface area contributed by atoms with E-state index in [-0.39, 0.29) is 0 Å². The first kappa shape index (κ1) is 11.2. The van der Waals surface area contributed by atoms with Gasteiger partial charge in [0, 0.05) is 12.3 Å². The van der Waals surface area contributed by atoms with E-state index in [1.165, 1.54) is 0 Å². The van der Waals surface area contributed by atoms with Gasteiger partial charge in [0.15, 0.2) is 0 Å². The lowest BCUT2D eigenvalue weighted by Crippen LogP contribution is -1.87. The number of hydrogen-bond acceptors (Lipinski definition) is 2. The lowest BCUT2D eigenvalue weighted by atomic mass is 10.3. The highest BCUT2D eigenvalue weighted by atomic mass is 35.5. The van der Waals surface area contributed by atoms with Gasteiger partial charge in [0.2, 0.25) is 0 Å². The molecule has 0 N–H and O–H groups in total. The summed E-state index contributed by atoms with van der Waals surface area (Å²) in [6.07, 6.45) is 1.67. The number of halogens is 1. The molecule has 1 aromatic rings. The maximum absolute atomic E-state index is 5.81. The van der Waals surface area contributed by atoms with Crippen molar-refractivity contribution < 1.29 is 4.74 Å². The smallest absolute Gasteiger partial charge is 0.140 e. The van der Waals surface area contributed by atoms with Crippen LogP contribution in [0.4, 0.5) is 0 Å². The fourth-order valence-electron chi connectivity index (χ4n) is 0.683. The van der Waals surface area contributed by atoms with Gasteiger partial charge in [-0.1, -0.05) is 25.4 Å². The summed E-state index contributed by atoms with van der Waals surface area (Å²) in [6, 6.07) is 1.73. The topological polar surface area (TPSA) is 22.1 Å². The Labute approximate surface area is 78.5 Å². The van der Waals surface area contributed by atoms with E-state index in [2.05, 4.69) is 4.98 Å². The minimum atomic E-state index is 0.588. The third-order valence-electron chi connectivity index (χ3n) is 1.25. The maximum atomic E-state index is 5.81. The van der Waals surface area contributed by atoms with Gasteiger partial charge in [0.05, 0.1) is 12.8 Å². The molecule has 0 atom stereocenters. The molecule has 0 saturated carbocycles. The van der Waals surface area contributed by atoms with Gasteiger partial charge in [0.1, 0.15) is 10.8 Å². The van der Waals surface area contributed by atoms with Crippen LogP contribution < -0.4 is 4.74 Å². The number of hydrogen-bond donors (Lipinski definition) is 0.